The standard InChI is InChI=1S/C14H19NO4S/c16-14(17)13-5-3-12(4-6-13)11-20(18,19)10-9-15-7-1-2-8-15/h3-6H,1-2,7-11H2,(H,16,17). The number of benzene rings is 1. The highest BCUT2D eigenvalue weighted by atomic mass is 32.2. The van der Waals surface area contributed by atoms with Crippen LogP contribution < -0.4 is 0 Å². The zero-order chi connectivity index (χ0) is 14.6. The first kappa shape index (κ1) is 15.0. The lowest BCUT2D eigenvalue weighted by Crippen LogP contribution is -2.27. The van der Waals surface area contributed by atoms with Gasteiger partial charge in [-0.1, -0.05) is 12.1 Å². The summed E-state index contributed by atoms with van der Waals surface area (Å²) in [6, 6.07) is 6.01. The molecule has 1 aromatic carbocycles. The third-order valence-electron chi connectivity index (χ3n) is 3.50. The molecule has 1 aromatic rings. The quantitative estimate of drug-likeness (QED) is 0.859. The first-order valence-corrected chi connectivity index (χ1v) is 8.53. The molecule has 0 spiro atoms. The molecule has 0 amide bonds. The van der Waals surface area contributed by atoms with Crippen molar-refractivity contribution in [2.75, 3.05) is 25.4 Å². The minimum atomic E-state index is -3.14. The first-order chi connectivity index (χ1) is 9.46. The Kier molecular flexibility index (Phi) is 4.77. The van der Waals surface area contributed by atoms with Crippen LogP contribution in [0.2, 0.25) is 0 Å². The molecular formula is C14H19NO4S. The van der Waals surface area contributed by atoms with Crippen molar-refractivity contribution in [3.8, 4) is 0 Å². The van der Waals surface area contributed by atoms with E-state index in [0.717, 1.165) is 25.9 Å². The summed E-state index contributed by atoms with van der Waals surface area (Å²) >= 11 is 0. The predicted molar refractivity (Wildman–Crippen MR) is 76.6 cm³/mol. The summed E-state index contributed by atoms with van der Waals surface area (Å²) in [4.78, 5) is 12.9. The fourth-order valence-corrected chi connectivity index (χ4v) is 3.73. The van der Waals surface area contributed by atoms with Crippen LogP contribution in [0.25, 0.3) is 0 Å². The van der Waals surface area contributed by atoms with Gasteiger partial charge in [-0.25, -0.2) is 13.2 Å². The molecule has 1 saturated heterocycles. The zero-order valence-electron chi connectivity index (χ0n) is 11.3. The molecule has 1 aliphatic heterocycles. The monoisotopic (exact) mass is 297 g/mol. The van der Waals surface area contributed by atoms with Crippen LogP contribution in [0, 0.1) is 0 Å². The van der Waals surface area contributed by atoms with Gasteiger partial charge in [0.1, 0.15) is 0 Å². The number of hydrogen-bond donors (Lipinski definition) is 1. The molecule has 0 atom stereocenters. The molecule has 1 fully saturated rings. The van der Waals surface area contributed by atoms with Gasteiger partial charge in [-0.3, -0.25) is 0 Å². The number of aromatic carboxylic acids is 1. The summed E-state index contributed by atoms with van der Waals surface area (Å²) in [5.74, 6) is -0.873. The number of nitrogens with zero attached hydrogens (tertiary/aromatic N) is 1. The third kappa shape index (κ3) is 4.31. The fraction of sp³-hybridized carbons (Fsp3) is 0.500. The Balaban J connectivity index is 1.91. The molecule has 0 unspecified atom stereocenters. The van der Waals surface area contributed by atoms with Gasteiger partial charge in [0.2, 0.25) is 0 Å². The van der Waals surface area contributed by atoms with Crippen molar-refractivity contribution in [2.45, 2.75) is 18.6 Å². The van der Waals surface area contributed by atoms with E-state index < -0.39 is 15.8 Å². The number of hydrogen-bond acceptors (Lipinski definition) is 4. The van der Waals surface area contributed by atoms with Crippen LogP contribution in [-0.2, 0) is 15.6 Å². The summed E-state index contributed by atoms with van der Waals surface area (Å²) in [6.07, 6.45) is 2.30. The van der Waals surface area contributed by atoms with Crippen molar-refractivity contribution in [3.63, 3.8) is 0 Å². The second-order valence-corrected chi connectivity index (χ2v) is 7.33. The summed E-state index contributed by atoms with van der Waals surface area (Å²) in [5, 5.41) is 8.79. The van der Waals surface area contributed by atoms with Gasteiger partial charge in [0, 0.05) is 6.54 Å². The van der Waals surface area contributed by atoms with Crippen molar-refractivity contribution >= 4 is 15.8 Å². The molecule has 20 heavy (non-hydrogen) atoms. The molecule has 0 aliphatic carbocycles. The number of sulfone groups is 1. The van der Waals surface area contributed by atoms with Crippen LogP contribution in [-0.4, -0.2) is 49.8 Å². The minimum absolute atomic E-state index is 0.0270. The smallest absolute Gasteiger partial charge is 0.335 e. The van der Waals surface area contributed by atoms with Gasteiger partial charge in [0.05, 0.1) is 17.1 Å². The lowest BCUT2D eigenvalue weighted by Gasteiger charge is -2.14. The minimum Gasteiger partial charge on any atom is -0.478 e. The summed E-state index contributed by atoms with van der Waals surface area (Å²) in [5.41, 5.74) is 0.805. The number of likely N-dealkylation sites (tertiary alicyclic amines) is 1. The lowest BCUT2D eigenvalue weighted by atomic mass is 10.1. The van der Waals surface area contributed by atoms with Crippen molar-refractivity contribution in [1.82, 2.24) is 4.90 Å². The molecule has 2 rings (SSSR count). The molecule has 110 valence electrons. The normalized spacial score (nSPS) is 16.4. The van der Waals surface area contributed by atoms with E-state index >= 15 is 0 Å². The van der Waals surface area contributed by atoms with Crippen molar-refractivity contribution in [1.29, 1.82) is 0 Å². The Hall–Kier alpha value is -1.40. The lowest BCUT2D eigenvalue weighted by molar-refractivity contribution is 0.0697. The van der Waals surface area contributed by atoms with E-state index in [1.807, 2.05) is 0 Å². The van der Waals surface area contributed by atoms with E-state index in [1.54, 1.807) is 12.1 Å². The molecule has 6 heteroatoms. The SMILES string of the molecule is O=C(O)c1ccc(CS(=O)(=O)CCN2CCCC2)cc1. The van der Waals surface area contributed by atoms with Crippen molar-refractivity contribution in [2.24, 2.45) is 0 Å². The second kappa shape index (κ2) is 6.37. The fourth-order valence-electron chi connectivity index (χ4n) is 2.34. The maximum atomic E-state index is 12.0. The van der Waals surface area contributed by atoms with E-state index in [2.05, 4.69) is 4.90 Å². The van der Waals surface area contributed by atoms with Crippen molar-refractivity contribution in [3.05, 3.63) is 35.4 Å². The van der Waals surface area contributed by atoms with Gasteiger partial charge in [0.25, 0.3) is 0 Å². The van der Waals surface area contributed by atoms with E-state index in [0.29, 0.717) is 12.1 Å². The Morgan fingerprint density at radius 3 is 2.30 bits per heavy atom. The van der Waals surface area contributed by atoms with Gasteiger partial charge in [-0.05, 0) is 43.6 Å². The molecular weight excluding hydrogens is 278 g/mol. The van der Waals surface area contributed by atoms with E-state index in [-0.39, 0.29) is 17.1 Å². The van der Waals surface area contributed by atoms with Gasteiger partial charge in [0.15, 0.2) is 9.84 Å². The highest BCUT2D eigenvalue weighted by molar-refractivity contribution is 7.90. The first-order valence-electron chi connectivity index (χ1n) is 6.71. The topological polar surface area (TPSA) is 74.7 Å². The predicted octanol–water partition coefficient (Wildman–Crippen LogP) is 1.40. The second-order valence-electron chi connectivity index (χ2n) is 5.14. The summed E-state index contributed by atoms with van der Waals surface area (Å²) in [7, 11) is -3.14. The molecule has 0 aromatic heterocycles. The van der Waals surface area contributed by atoms with Crippen LogP contribution in [0.5, 0.6) is 0 Å². The summed E-state index contributed by atoms with van der Waals surface area (Å²) < 4.78 is 24.1. The van der Waals surface area contributed by atoms with Gasteiger partial charge in [-0.2, -0.15) is 0 Å². The largest absolute Gasteiger partial charge is 0.478 e. The van der Waals surface area contributed by atoms with Gasteiger partial charge >= 0.3 is 5.97 Å². The van der Waals surface area contributed by atoms with Gasteiger partial charge < -0.3 is 10.0 Å². The Morgan fingerprint density at radius 1 is 1.15 bits per heavy atom. The molecule has 1 N–H and O–H groups in total. The Bertz CT molecular complexity index is 559. The van der Waals surface area contributed by atoms with E-state index in [1.165, 1.54) is 12.1 Å². The molecule has 0 bridgehead atoms. The average molecular weight is 297 g/mol. The van der Waals surface area contributed by atoms with Crippen LogP contribution >= 0.6 is 0 Å². The zero-order valence-corrected chi connectivity index (χ0v) is 12.1. The molecule has 1 heterocycles. The maximum absolute atomic E-state index is 12.0. The van der Waals surface area contributed by atoms with Crippen molar-refractivity contribution < 1.29 is 18.3 Å². The maximum Gasteiger partial charge on any atom is 0.335 e. The Labute approximate surface area is 119 Å². The van der Waals surface area contributed by atoms with Crippen LogP contribution in [0.1, 0.15) is 28.8 Å². The van der Waals surface area contributed by atoms with E-state index in [9.17, 15) is 13.2 Å². The number of carbonyl (C=O) groups is 1. The molecule has 0 saturated carbocycles. The molecule has 0 radical (unpaired) electrons. The molecule has 5 nitrogen and oxygen atoms in total. The summed E-state index contributed by atoms with van der Waals surface area (Å²) in [6.45, 7) is 2.57. The molecule has 1 aliphatic rings. The van der Waals surface area contributed by atoms with Crippen LogP contribution in [0.4, 0.5) is 0 Å². The highest BCUT2D eigenvalue weighted by Crippen LogP contribution is 2.11. The number of rotatable bonds is 6. The van der Waals surface area contributed by atoms with Gasteiger partial charge in [-0.15, -0.1) is 0 Å². The van der Waals surface area contributed by atoms with E-state index in [4.69, 9.17) is 5.11 Å². The van der Waals surface area contributed by atoms with Crippen LogP contribution in [0.15, 0.2) is 24.3 Å². The highest BCUT2D eigenvalue weighted by Gasteiger charge is 2.17. The average Bonchev–Trinajstić information content (AvgIpc) is 2.90. The van der Waals surface area contributed by atoms with Crippen LogP contribution in [0.3, 0.4) is 0 Å². The number of carboxylic acid groups (broad SMARTS) is 1. The number of carboxylic acids is 1. The third-order valence-corrected chi connectivity index (χ3v) is 5.08. The Morgan fingerprint density at radius 2 is 1.75 bits per heavy atom.